The lowest BCUT2D eigenvalue weighted by molar-refractivity contribution is 0.0645. The molecular formula is C20H21N3O2. The fourth-order valence-electron chi connectivity index (χ4n) is 3.72. The molecule has 0 radical (unpaired) electrons. The molecule has 1 aromatic heterocycles. The second kappa shape index (κ2) is 5.43. The van der Waals surface area contributed by atoms with E-state index in [0.29, 0.717) is 24.2 Å². The molecule has 0 atom stereocenters. The van der Waals surface area contributed by atoms with Gasteiger partial charge in [-0.2, -0.15) is 0 Å². The van der Waals surface area contributed by atoms with Crippen LogP contribution in [0.1, 0.15) is 31.8 Å². The number of benzene rings is 2. The molecule has 0 saturated carbocycles. The average Bonchev–Trinajstić information content (AvgIpc) is 3.07. The number of hydrogen-bond donors (Lipinski definition) is 1. The molecule has 5 heteroatoms. The molecule has 0 spiro atoms. The highest BCUT2D eigenvalue weighted by molar-refractivity contribution is 6.31. The maximum atomic E-state index is 13.1. The van der Waals surface area contributed by atoms with Gasteiger partial charge in [-0.15, -0.1) is 0 Å². The third-order valence-electron chi connectivity index (χ3n) is 5.21. The van der Waals surface area contributed by atoms with Crippen molar-refractivity contribution in [3.63, 3.8) is 0 Å². The van der Waals surface area contributed by atoms with Crippen molar-refractivity contribution in [3.8, 4) is 0 Å². The average molecular weight is 335 g/mol. The Morgan fingerprint density at radius 1 is 1.00 bits per heavy atom. The Bertz CT molecular complexity index is 1050. The number of carbonyl (C=O) groups excluding carboxylic acids is 2. The van der Waals surface area contributed by atoms with Crippen LogP contribution in [0.25, 0.3) is 21.8 Å². The molecular weight excluding hydrogens is 314 g/mol. The predicted molar refractivity (Wildman–Crippen MR) is 99.2 cm³/mol. The van der Waals surface area contributed by atoms with Crippen molar-refractivity contribution in [1.82, 2.24) is 14.8 Å². The first-order chi connectivity index (χ1) is 11.9. The quantitative estimate of drug-likeness (QED) is 0.748. The summed E-state index contributed by atoms with van der Waals surface area (Å²) in [7, 11) is 3.87. The van der Waals surface area contributed by atoms with E-state index in [1.54, 1.807) is 0 Å². The smallest absolute Gasteiger partial charge is 0.262 e. The van der Waals surface area contributed by atoms with Crippen LogP contribution in [0.5, 0.6) is 0 Å². The minimum atomic E-state index is -0.181. The highest BCUT2D eigenvalue weighted by Gasteiger charge is 2.39. The van der Waals surface area contributed by atoms with Crippen LogP contribution in [0.4, 0.5) is 0 Å². The van der Waals surface area contributed by atoms with Crippen LogP contribution in [0.2, 0.25) is 0 Å². The number of nitrogens with zero attached hydrogens (tertiary/aromatic N) is 2. The van der Waals surface area contributed by atoms with E-state index >= 15 is 0 Å². The molecule has 1 N–H and O–H groups in total. The van der Waals surface area contributed by atoms with E-state index in [1.165, 1.54) is 4.90 Å². The predicted octanol–water partition coefficient (Wildman–Crippen LogP) is 3.10. The lowest BCUT2D eigenvalue weighted by Gasteiger charge is -2.17. The molecule has 4 rings (SSSR count). The summed E-state index contributed by atoms with van der Waals surface area (Å²) in [5, 5.41) is 1.87. The van der Waals surface area contributed by atoms with E-state index in [4.69, 9.17) is 0 Å². The summed E-state index contributed by atoms with van der Waals surface area (Å²) < 4.78 is 0. The second-order valence-corrected chi connectivity index (χ2v) is 6.99. The molecule has 1 aliphatic heterocycles. The van der Waals surface area contributed by atoms with Crippen molar-refractivity contribution in [2.45, 2.75) is 13.8 Å². The standard InChI is InChI=1S/C20H21N3O2/c1-11-12(2)18-16(13-7-5-6-8-14(13)21-18)17-15(11)19(24)23(20(17)25)10-9-22(3)4/h5-8,21H,9-10H2,1-4H3. The van der Waals surface area contributed by atoms with Gasteiger partial charge >= 0.3 is 0 Å². The maximum absolute atomic E-state index is 13.1. The number of aryl methyl sites for hydroxylation is 1. The molecule has 2 aromatic carbocycles. The van der Waals surface area contributed by atoms with E-state index in [-0.39, 0.29) is 11.8 Å². The molecule has 0 fully saturated rings. The molecule has 128 valence electrons. The number of imide groups is 1. The summed E-state index contributed by atoms with van der Waals surface area (Å²) in [6, 6.07) is 7.93. The fourth-order valence-corrected chi connectivity index (χ4v) is 3.72. The SMILES string of the molecule is Cc1c2c(c3c([nH]c4ccccc43)c1C)C(=O)N(CCN(C)C)C2=O. The maximum Gasteiger partial charge on any atom is 0.262 e. The minimum Gasteiger partial charge on any atom is -0.354 e. The number of H-pyrrole nitrogens is 1. The van der Waals surface area contributed by atoms with Crippen molar-refractivity contribution in [3.05, 3.63) is 46.5 Å². The number of para-hydroxylation sites is 1. The second-order valence-electron chi connectivity index (χ2n) is 6.99. The molecule has 2 amide bonds. The van der Waals surface area contributed by atoms with Crippen LogP contribution >= 0.6 is 0 Å². The van der Waals surface area contributed by atoms with E-state index in [9.17, 15) is 9.59 Å². The monoisotopic (exact) mass is 335 g/mol. The molecule has 0 bridgehead atoms. The number of hydrogen-bond acceptors (Lipinski definition) is 3. The Hall–Kier alpha value is -2.66. The van der Waals surface area contributed by atoms with Gasteiger partial charge in [0.05, 0.1) is 16.6 Å². The molecule has 25 heavy (non-hydrogen) atoms. The number of carbonyl (C=O) groups is 2. The van der Waals surface area contributed by atoms with Gasteiger partial charge in [-0.3, -0.25) is 14.5 Å². The van der Waals surface area contributed by atoms with Crippen molar-refractivity contribution in [2.75, 3.05) is 27.2 Å². The van der Waals surface area contributed by atoms with Crippen LogP contribution in [-0.4, -0.2) is 53.8 Å². The number of nitrogens with one attached hydrogen (secondary N) is 1. The summed E-state index contributed by atoms with van der Waals surface area (Å²) in [6.07, 6.45) is 0. The van der Waals surface area contributed by atoms with Gasteiger partial charge < -0.3 is 9.88 Å². The molecule has 1 aliphatic rings. The van der Waals surface area contributed by atoms with E-state index in [2.05, 4.69) is 4.98 Å². The highest BCUT2D eigenvalue weighted by atomic mass is 16.2. The zero-order chi connectivity index (χ0) is 17.9. The lowest BCUT2D eigenvalue weighted by atomic mass is 9.94. The van der Waals surface area contributed by atoms with E-state index in [1.807, 2.05) is 57.1 Å². The molecule has 5 nitrogen and oxygen atoms in total. The topological polar surface area (TPSA) is 56.4 Å². The van der Waals surface area contributed by atoms with Crippen molar-refractivity contribution in [1.29, 1.82) is 0 Å². The number of amides is 2. The van der Waals surface area contributed by atoms with Crippen LogP contribution in [0.15, 0.2) is 24.3 Å². The van der Waals surface area contributed by atoms with Crippen molar-refractivity contribution in [2.24, 2.45) is 0 Å². The zero-order valence-corrected chi connectivity index (χ0v) is 14.9. The summed E-state index contributed by atoms with van der Waals surface area (Å²) in [5.74, 6) is -0.352. The molecule has 0 aliphatic carbocycles. The number of aromatic amines is 1. The van der Waals surface area contributed by atoms with E-state index < -0.39 is 0 Å². The van der Waals surface area contributed by atoms with Crippen LogP contribution < -0.4 is 0 Å². The first-order valence-corrected chi connectivity index (χ1v) is 8.46. The number of aromatic nitrogens is 1. The minimum absolute atomic E-state index is 0.172. The van der Waals surface area contributed by atoms with Gasteiger partial charge in [-0.25, -0.2) is 0 Å². The number of likely N-dealkylation sites (N-methyl/N-ethyl adjacent to an activating group) is 1. The first-order valence-electron chi connectivity index (χ1n) is 8.46. The lowest BCUT2D eigenvalue weighted by Crippen LogP contribution is -2.36. The largest absolute Gasteiger partial charge is 0.354 e. The van der Waals surface area contributed by atoms with Gasteiger partial charge in [0.1, 0.15) is 0 Å². The zero-order valence-electron chi connectivity index (χ0n) is 14.9. The third-order valence-corrected chi connectivity index (χ3v) is 5.21. The van der Waals surface area contributed by atoms with Gasteiger partial charge in [-0.1, -0.05) is 18.2 Å². The Labute approximate surface area is 146 Å². The van der Waals surface area contributed by atoms with Crippen LogP contribution in [0.3, 0.4) is 0 Å². The van der Waals surface area contributed by atoms with Crippen molar-refractivity contribution < 1.29 is 9.59 Å². The third kappa shape index (κ3) is 2.12. The Morgan fingerprint density at radius 2 is 1.68 bits per heavy atom. The van der Waals surface area contributed by atoms with Crippen LogP contribution in [-0.2, 0) is 0 Å². The highest BCUT2D eigenvalue weighted by Crippen LogP contribution is 2.39. The molecule has 2 heterocycles. The van der Waals surface area contributed by atoms with Gasteiger partial charge in [0.25, 0.3) is 11.8 Å². The number of rotatable bonds is 3. The van der Waals surface area contributed by atoms with Gasteiger partial charge in [0.2, 0.25) is 0 Å². The Morgan fingerprint density at radius 3 is 2.40 bits per heavy atom. The summed E-state index contributed by atoms with van der Waals surface area (Å²) >= 11 is 0. The summed E-state index contributed by atoms with van der Waals surface area (Å²) in [6.45, 7) is 5.00. The molecule has 3 aromatic rings. The van der Waals surface area contributed by atoms with Gasteiger partial charge in [0, 0.05) is 29.4 Å². The first kappa shape index (κ1) is 15.8. The van der Waals surface area contributed by atoms with Crippen LogP contribution in [0, 0.1) is 13.8 Å². The fraction of sp³-hybridized carbons (Fsp3) is 0.300. The van der Waals surface area contributed by atoms with Crippen molar-refractivity contribution >= 4 is 33.6 Å². The summed E-state index contributed by atoms with van der Waals surface area (Å²) in [4.78, 5) is 32.9. The molecule has 0 unspecified atom stereocenters. The summed E-state index contributed by atoms with van der Waals surface area (Å²) in [5.41, 5.74) is 4.98. The Kier molecular flexibility index (Phi) is 3.44. The number of fused-ring (bicyclic) bond motifs is 5. The van der Waals surface area contributed by atoms with E-state index in [0.717, 1.165) is 32.9 Å². The molecule has 0 saturated heterocycles. The normalized spacial score (nSPS) is 14.4. The Balaban J connectivity index is 2.02. The van der Waals surface area contributed by atoms with Gasteiger partial charge in [0.15, 0.2) is 0 Å². The van der Waals surface area contributed by atoms with Gasteiger partial charge in [-0.05, 0) is 45.1 Å².